The van der Waals surface area contributed by atoms with Crippen molar-refractivity contribution in [2.75, 3.05) is 74.2 Å². The Bertz CT molecular complexity index is 2440. The molecule has 4 aromatic carbocycles. The molecule has 0 bridgehead atoms. The maximum Gasteiger partial charge on any atom is 0.232 e. The molecule has 0 radical (unpaired) electrons. The Balaban J connectivity index is 0.00000160. The maximum atomic E-state index is 11.1. The Hall–Kier alpha value is -6.62. The highest BCUT2D eigenvalue weighted by molar-refractivity contribution is 6.04. The molecule has 3 heterocycles. The summed E-state index contributed by atoms with van der Waals surface area (Å²) < 4.78 is 0. The lowest BCUT2D eigenvalue weighted by atomic mass is 10.0. The number of piperazine rings is 1. The summed E-state index contributed by atoms with van der Waals surface area (Å²) in [5.41, 5.74) is 3.81. The second-order valence-corrected chi connectivity index (χ2v) is 13.2. The third-order valence-corrected chi connectivity index (χ3v) is 9.35. The molecule has 1 saturated heterocycles. The molecule has 310 valence electrons. The second kappa shape index (κ2) is 20.2. The van der Waals surface area contributed by atoms with Crippen molar-refractivity contribution in [2.24, 2.45) is 20.5 Å². The van der Waals surface area contributed by atoms with Crippen LogP contribution in [0, 0.1) is 27.7 Å². The first kappa shape index (κ1) is 43.5. The van der Waals surface area contributed by atoms with Gasteiger partial charge in [0.2, 0.25) is 23.8 Å². The molecule has 5 N–H and O–H groups in total. The van der Waals surface area contributed by atoms with Crippen LogP contribution in [0.5, 0.6) is 11.5 Å². The molecule has 0 atom stereocenters. The fourth-order valence-corrected chi connectivity index (χ4v) is 6.80. The molecule has 7 rings (SSSR count). The van der Waals surface area contributed by atoms with Crippen molar-refractivity contribution < 1.29 is 10.2 Å². The average molecular weight is 802 g/mol. The highest BCUT2D eigenvalue weighted by Gasteiger charge is 2.21. The van der Waals surface area contributed by atoms with E-state index < -0.39 is 0 Å². The molecule has 17 nitrogen and oxygen atoms in total. The van der Waals surface area contributed by atoms with Gasteiger partial charge in [-0.3, -0.25) is 4.90 Å². The van der Waals surface area contributed by atoms with Gasteiger partial charge in [-0.1, -0.05) is 52.0 Å². The third kappa shape index (κ3) is 10.1. The van der Waals surface area contributed by atoms with Gasteiger partial charge in [0.25, 0.3) is 0 Å². The molecule has 0 aliphatic carbocycles. The normalized spacial score (nSPS) is 13.0. The van der Waals surface area contributed by atoms with Crippen LogP contribution in [0.25, 0.3) is 21.5 Å². The van der Waals surface area contributed by atoms with Crippen LogP contribution in [0.15, 0.2) is 69.0 Å². The van der Waals surface area contributed by atoms with Crippen LogP contribution in [-0.4, -0.2) is 98.4 Å². The molecule has 59 heavy (non-hydrogen) atoms. The zero-order valence-electron chi connectivity index (χ0n) is 35.6. The van der Waals surface area contributed by atoms with Crippen molar-refractivity contribution >= 4 is 68.1 Å². The molecule has 0 amide bonds. The molecule has 0 saturated carbocycles. The number of fused-ring (bicyclic) bond motifs is 2. The van der Waals surface area contributed by atoms with E-state index in [0.29, 0.717) is 75.5 Å². The quantitative estimate of drug-likeness (QED) is 0.0775. The van der Waals surface area contributed by atoms with E-state index in [-0.39, 0.29) is 11.5 Å². The standard InChI is InChI=1S/C38H43N15O2.2C2H6/c1-21-19-25-9-7-11-27(29(25)33(54)31(21)50-39-5)46-36-43-23(3)42-35(48-36)41-13-14-52-15-17-53(18-16-52)38-45-24(4)44-37(49-38)47-28-12-8-10-26-20-22(2)32(51-40-6)34(55)30(26)28;2*1-2/h7-12,19-20,54-55H,13-18H2,1-6H3,(H,44,45,47,49)(H2,41,42,43,46,48);2*1-2H3. The number of phenols is 2. The number of hydrogen-bond donors (Lipinski definition) is 5. The number of azo groups is 2. The van der Waals surface area contributed by atoms with Crippen LogP contribution in [0.4, 0.5) is 46.5 Å². The Morgan fingerprint density at radius 2 is 1.08 bits per heavy atom. The minimum absolute atomic E-state index is 0.0442. The Kier molecular flexibility index (Phi) is 14.9. The van der Waals surface area contributed by atoms with Crippen molar-refractivity contribution in [3.8, 4) is 11.5 Å². The van der Waals surface area contributed by atoms with Gasteiger partial charge < -0.3 is 31.1 Å². The van der Waals surface area contributed by atoms with E-state index in [9.17, 15) is 10.2 Å². The summed E-state index contributed by atoms with van der Waals surface area (Å²) in [6.07, 6.45) is 0. The fourth-order valence-electron chi connectivity index (χ4n) is 6.80. The van der Waals surface area contributed by atoms with Crippen molar-refractivity contribution in [3.63, 3.8) is 0 Å². The van der Waals surface area contributed by atoms with E-state index >= 15 is 0 Å². The minimum atomic E-state index is 0.0442. The average Bonchev–Trinajstić information content (AvgIpc) is 3.22. The van der Waals surface area contributed by atoms with Gasteiger partial charge in [-0.25, -0.2) is 0 Å². The number of aryl methyl sites for hydroxylation is 4. The summed E-state index contributed by atoms with van der Waals surface area (Å²) in [7, 11) is 3.15. The second-order valence-electron chi connectivity index (χ2n) is 13.2. The van der Waals surface area contributed by atoms with Crippen LogP contribution < -0.4 is 20.9 Å². The first-order chi connectivity index (χ1) is 28.6. The lowest BCUT2D eigenvalue weighted by Crippen LogP contribution is -2.48. The maximum absolute atomic E-state index is 11.1. The van der Waals surface area contributed by atoms with Crippen LogP contribution in [0.2, 0.25) is 0 Å². The number of hydrogen-bond acceptors (Lipinski definition) is 17. The molecular weight excluding hydrogens is 747 g/mol. The van der Waals surface area contributed by atoms with E-state index in [2.05, 4.69) is 71.1 Å². The summed E-state index contributed by atoms with van der Waals surface area (Å²) in [4.78, 5) is 32.1. The molecule has 1 aliphatic rings. The molecule has 1 aliphatic heterocycles. The van der Waals surface area contributed by atoms with Gasteiger partial charge in [-0.05, 0) is 73.9 Å². The van der Waals surface area contributed by atoms with Crippen LogP contribution in [-0.2, 0) is 0 Å². The van der Waals surface area contributed by atoms with Crippen molar-refractivity contribution in [1.82, 2.24) is 34.8 Å². The number of anilines is 6. The lowest BCUT2D eigenvalue weighted by Gasteiger charge is -2.34. The van der Waals surface area contributed by atoms with Gasteiger partial charge in [0, 0.05) is 64.1 Å². The predicted molar refractivity (Wildman–Crippen MR) is 237 cm³/mol. The highest BCUT2D eigenvalue weighted by Crippen LogP contribution is 2.43. The largest absolute Gasteiger partial charge is 0.505 e. The molecular formula is C42H55N15O2. The summed E-state index contributed by atoms with van der Waals surface area (Å²) in [6.45, 7) is 19.9. The lowest BCUT2D eigenvalue weighted by molar-refractivity contribution is 0.266. The van der Waals surface area contributed by atoms with Gasteiger partial charge in [0.1, 0.15) is 23.0 Å². The van der Waals surface area contributed by atoms with E-state index in [0.717, 1.165) is 54.6 Å². The van der Waals surface area contributed by atoms with E-state index in [1.807, 2.05) is 104 Å². The van der Waals surface area contributed by atoms with Crippen LogP contribution in [0.1, 0.15) is 50.5 Å². The predicted octanol–water partition coefficient (Wildman–Crippen LogP) is 9.21. The molecule has 6 aromatic rings. The van der Waals surface area contributed by atoms with Crippen molar-refractivity contribution in [2.45, 2.75) is 55.4 Å². The molecule has 17 heteroatoms. The first-order valence-electron chi connectivity index (χ1n) is 19.9. The van der Waals surface area contributed by atoms with Gasteiger partial charge in [0.05, 0.1) is 11.4 Å². The third-order valence-electron chi connectivity index (χ3n) is 9.35. The van der Waals surface area contributed by atoms with Crippen LogP contribution in [0.3, 0.4) is 0 Å². The molecule has 2 aromatic heterocycles. The first-order valence-corrected chi connectivity index (χ1v) is 19.9. The number of phenolic OH excluding ortho intramolecular Hbond substituents is 2. The summed E-state index contributed by atoms with van der Waals surface area (Å²) in [5.74, 6) is 3.03. The Labute approximate surface area is 345 Å². The van der Waals surface area contributed by atoms with Crippen molar-refractivity contribution in [1.29, 1.82) is 0 Å². The minimum Gasteiger partial charge on any atom is -0.505 e. The number of aromatic hydroxyl groups is 2. The summed E-state index contributed by atoms with van der Waals surface area (Å²) in [6, 6.07) is 15.4. The smallest absolute Gasteiger partial charge is 0.232 e. The monoisotopic (exact) mass is 801 g/mol. The zero-order valence-corrected chi connectivity index (χ0v) is 35.6. The number of rotatable bonds is 11. The molecule has 0 unspecified atom stereocenters. The Morgan fingerprint density at radius 1 is 0.610 bits per heavy atom. The molecule has 1 fully saturated rings. The zero-order chi connectivity index (χ0) is 42.6. The number of nitrogens with zero attached hydrogens (tertiary/aromatic N) is 12. The van der Waals surface area contributed by atoms with Gasteiger partial charge >= 0.3 is 0 Å². The SMILES string of the molecule is CC.CC.CN=Nc1c(C)cc2cccc(Nc3nc(C)nc(NCCN4CCN(c5nc(C)nc(Nc6cccc7cc(C)c(N=NC)c(O)c67)n5)CC4)n3)c2c1O. The number of nitrogens with one attached hydrogen (secondary N) is 3. The van der Waals surface area contributed by atoms with E-state index in [1.54, 1.807) is 14.1 Å². The van der Waals surface area contributed by atoms with Gasteiger partial charge in [-0.2, -0.15) is 50.4 Å². The van der Waals surface area contributed by atoms with Gasteiger partial charge in [-0.15, -0.1) is 0 Å². The highest BCUT2D eigenvalue weighted by atomic mass is 16.3. The van der Waals surface area contributed by atoms with Crippen molar-refractivity contribution in [3.05, 3.63) is 71.3 Å². The van der Waals surface area contributed by atoms with E-state index in [4.69, 9.17) is 4.98 Å². The van der Waals surface area contributed by atoms with Gasteiger partial charge in [0.15, 0.2) is 11.5 Å². The van der Waals surface area contributed by atoms with Crippen LogP contribution >= 0.6 is 0 Å². The summed E-state index contributed by atoms with van der Waals surface area (Å²) >= 11 is 0. The topological polar surface area (TPSA) is 210 Å². The molecule has 0 spiro atoms. The summed E-state index contributed by atoms with van der Waals surface area (Å²) in [5, 5.41) is 51.1. The number of aromatic nitrogens is 6. The number of benzene rings is 4. The van der Waals surface area contributed by atoms with E-state index in [1.165, 1.54) is 0 Å². The fraction of sp³-hybridized carbons (Fsp3) is 0.381. The Morgan fingerprint density at radius 3 is 1.59 bits per heavy atom.